The van der Waals surface area contributed by atoms with Crippen molar-refractivity contribution in [2.45, 2.75) is 51.0 Å². The fraction of sp³-hybridized carbons (Fsp3) is 0.923. The van der Waals surface area contributed by atoms with Gasteiger partial charge in [0.1, 0.15) is 0 Å². The number of amides is 1. The number of carbonyl (C=O) groups is 1. The third-order valence-electron chi connectivity index (χ3n) is 3.32. The van der Waals surface area contributed by atoms with Gasteiger partial charge in [0.25, 0.3) is 0 Å². The molecule has 0 bridgehead atoms. The number of likely N-dealkylation sites (N-methyl/N-ethyl adjacent to an activating group) is 1. The van der Waals surface area contributed by atoms with Gasteiger partial charge in [-0.05, 0) is 26.3 Å². The van der Waals surface area contributed by atoms with E-state index in [1.165, 1.54) is 19.3 Å². The van der Waals surface area contributed by atoms with Gasteiger partial charge in [-0.3, -0.25) is 4.79 Å². The predicted molar refractivity (Wildman–Crippen MR) is 76.2 cm³/mol. The van der Waals surface area contributed by atoms with E-state index in [9.17, 15) is 4.79 Å². The lowest BCUT2D eigenvalue weighted by atomic mass is 9.84. The summed E-state index contributed by atoms with van der Waals surface area (Å²) in [5.41, 5.74) is -0.0995. The molecule has 0 radical (unpaired) electrons. The van der Waals surface area contributed by atoms with Crippen molar-refractivity contribution in [2.24, 2.45) is 0 Å². The molecular formula is C13H27ClN2O2. The largest absolute Gasteiger partial charge is 0.373 e. The summed E-state index contributed by atoms with van der Waals surface area (Å²) in [6.45, 7) is 3.95. The van der Waals surface area contributed by atoms with Gasteiger partial charge in [-0.1, -0.05) is 26.2 Å². The molecule has 0 saturated heterocycles. The van der Waals surface area contributed by atoms with Crippen LogP contribution in [0.15, 0.2) is 0 Å². The maximum absolute atomic E-state index is 11.5. The van der Waals surface area contributed by atoms with E-state index in [0.717, 1.165) is 25.9 Å². The van der Waals surface area contributed by atoms with E-state index in [2.05, 4.69) is 17.6 Å². The summed E-state index contributed by atoms with van der Waals surface area (Å²) in [5.74, 6) is 0.0533. The van der Waals surface area contributed by atoms with Crippen molar-refractivity contribution in [2.75, 3.05) is 26.7 Å². The van der Waals surface area contributed by atoms with Crippen LogP contribution in [0.4, 0.5) is 0 Å². The highest BCUT2D eigenvalue weighted by atomic mass is 35.5. The Morgan fingerprint density at radius 3 is 2.50 bits per heavy atom. The Balaban J connectivity index is 0.00000289. The van der Waals surface area contributed by atoms with E-state index in [1.54, 1.807) is 7.05 Å². The minimum atomic E-state index is -0.0995. The molecule has 1 rings (SSSR count). The number of rotatable bonds is 7. The second-order valence-electron chi connectivity index (χ2n) is 4.90. The van der Waals surface area contributed by atoms with Crippen LogP contribution in [0.5, 0.6) is 0 Å². The molecule has 0 heterocycles. The van der Waals surface area contributed by atoms with Crippen molar-refractivity contribution in [1.29, 1.82) is 0 Å². The number of hydrogen-bond donors (Lipinski definition) is 2. The molecule has 1 aliphatic rings. The monoisotopic (exact) mass is 278 g/mol. The van der Waals surface area contributed by atoms with Crippen molar-refractivity contribution < 1.29 is 9.53 Å². The van der Waals surface area contributed by atoms with Gasteiger partial charge >= 0.3 is 0 Å². The Morgan fingerprint density at radius 2 is 1.94 bits per heavy atom. The zero-order chi connectivity index (χ0) is 12.6. The number of carbonyl (C=O) groups excluding carboxylic acids is 1. The van der Waals surface area contributed by atoms with Gasteiger partial charge in [0.15, 0.2) is 0 Å². The van der Waals surface area contributed by atoms with E-state index in [1.807, 2.05) is 0 Å². The molecule has 1 amide bonds. The highest BCUT2D eigenvalue weighted by molar-refractivity contribution is 5.85. The van der Waals surface area contributed by atoms with Crippen LogP contribution in [-0.4, -0.2) is 38.3 Å². The number of nitrogens with one attached hydrogen (secondary N) is 2. The second-order valence-corrected chi connectivity index (χ2v) is 4.90. The average molecular weight is 279 g/mol. The minimum Gasteiger partial charge on any atom is -0.373 e. The fourth-order valence-corrected chi connectivity index (χ4v) is 2.37. The fourth-order valence-electron chi connectivity index (χ4n) is 2.37. The smallest absolute Gasteiger partial charge is 0.234 e. The normalized spacial score (nSPS) is 17.9. The van der Waals surface area contributed by atoms with Crippen LogP contribution in [0.1, 0.15) is 45.4 Å². The van der Waals surface area contributed by atoms with Gasteiger partial charge in [0, 0.05) is 13.2 Å². The van der Waals surface area contributed by atoms with Crippen molar-refractivity contribution in [3.8, 4) is 0 Å². The summed E-state index contributed by atoms with van der Waals surface area (Å²) in [6.07, 6.45) is 6.91. The van der Waals surface area contributed by atoms with Crippen LogP contribution in [-0.2, 0) is 9.53 Å². The van der Waals surface area contributed by atoms with Gasteiger partial charge in [0.2, 0.25) is 5.91 Å². The average Bonchev–Trinajstić information content (AvgIpc) is 2.36. The lowest BCUT2D eigenvalue weighted by molar-refractivity contribution is -0.123. The molecule has 0 atom stereocenters. The van der Waals surface area contributed by atoms with E-state index >= 15 is 0 Å². The van der Waals surface area contributed by atoms with Crippen molar-refractivity contribution in [1.82, 2.24) is 10.6 Å². The lowest BCUT2D eigenvalue weighted by Gasteiger charge is -2.37. The molecule has 1 aliphatic carbocycles. The Labute approximate surface area is 117 Å². The molecule has 0 unspecified atom stereocenters. The van der Waals surface area contributed by atoms with Crippen LogP contribution < -0.4 is 10.6 Å². The lowest BCUT2D eigenvalue weighted by Crippen LogP contribution is -2.48. The molecule has 5 heteroatoms. The highest BCUT2D eigenvalue weighted by Crippen LogP contribution is 2.31. The molecule has 0 aromatic carbocycles. The van der Waals surface area contributed by atoms with Crippen LogP contribution in [0, 0.1) is 0 Å². The van der Waals surface area contributed by atoms with Crippen molar-refractivity contribution >= 4 is 18.3 Å². The van der Waals surface area contributed by atoms with Gasteiger partial charge in [-0.15, -0.1) is 12.4 Å². The summed E-state index contributed by atoms with van der Waals surface area (Å²) in [5, 5.41) is 5.83. The van der Waals surface area contributed by atoms with Crippen LogP contribution in [0.25, 0.3) is 0 Å². The van der Waals surface area contributed by atoms with E-state index in [-0.39, 0.29) is 23.9 Å². The third kappa shape index (κ3) is 6.03. The molecule has 0 aromatic heterocycles. The van der Waals surface area contributed by atoms with Crippen LogP contribution in [0.3, 0.4) is 0 Å². The van der Waals surface area contributed by atoms with E-state index in [0.29, 0.717) is 13.1 Å². The molecule has 0 spiro atoms. The summed E-state index contributed by atoms with van der Waals surface area (Å²) in [6, 6.07) is 0. The molecule has 1 saturated carbocycles. The Hall–Kier alpha value is -0.320. The topological polar surface area (TPSA) is 50.4 Å². The Bertz CT molecular complexity index is 231. The van der Waals surface area contributed by atoms with E-state index < -0.39 is 0 Å². The van der Waals surface area contributed by atoms with Crippen molar-refractivity contribution in [3.05, 3.63) is 0 Å². The Morgan fingerprint density at radius 1 is 1.28 bits per heavy atom. The summed E-state index contributed by atoms with van der Waals surface area (Å²) >= 11 is 0. The molecule has 4 nitrogen and oxygen atoms in total. The SMILES string of the molecule is CCCOC1(CNC(=O)CNC)CCCCC1.Cl. The molecule has 2 N–H and O–H groups in total. The Kier molecular flexibility index (Phi) is 9.42. The first kappa shape index (κ1) is 17.7. The molecular weight excluding hydrogens is 252 g/mol. The molecule has 0 aliphatic heterocycles. The standard InChI is InChI=1S/C13H26N2O2.ClH/c1-3-9-17-13(7-5-4-6-8-13)11-15-12(16)10-14-2;/h14H,3-11H2,1-2H3,(H,15,16);1H. The van der Waals surface area contributed by atoms with Crippen molar-refractivity contribution in [3.63, 3.8) is 0 Å². The first-order chi connectivity index (χ1) is 8.22. The molecule has 18 heavy (non-hydrogen) atoms. The third-order valence-corrected chi connectivity index (χ3v) is 3.32. The number of hydrogen-bond acceptors (Lipinski definition) is 3. The second kappa shape index (κ2) is 9.59. The molecule has 1 fully saturated rings. The summed E-state index contributed by atoms with van der Waals surface area (Å²) in [7, 11) is 1.78. The van der Waals surface area contributed by atoms with Gasteiger partial charge < -0.3 is 15.4 Å². The maximum atomic E-state index is 11.5. The van der Waals surface area contributed by atoms with E-state index in [4.69, 9.17) is 4.74 Å². The molecule has 108 valence electrons. The van der Waals surface area contributed by atoms with Gasteiger partial charge in [0.05, 0.1) is 12.1 Å². The zero-order valence-electron chi connectivity index (χ0n) is 11.6. The van der Waals surface area contributed by atoms with Gasteiger partial charge in [-0.25, -0.2) is 0 Å². The van der Waals surface area contributed by atoms with Crippen LogP contribution >= 0.6 is 12.4 Å². The first-order valence-corrected chi connectivity index (χ1v) is 6.78. The number of halogens is 1. The minimum absolute atomic E-state index is 0. The first-order valence-electron chi connectivity index (χ1n) is 6.78. The van der Waals surface area contributed by atoms with Gasteiger partial charge in [-0.2, -0.15) is 0 Å². The predicted octanol–water partition coefficient (Wildman–Crippen LogP) is 1.87. The summed E-state index contributed by atoms with van der Waals surface area (Å²) in [4.78, 5) is 11.5. The molecule has 0 aromatic rings. The van der Waals surface area contributed by atoms with Crippen LogP contribution in [0.2, 0.25) is 0 Å². The maximum Gasteiger partial charge on any atom is 0.234 e. The summed E-state index contributed by atoms with van der Waals surface area (Å²) < 4.78 is 6.01. The number of ether oxygens (including phenoxy) is 1. The zero-order valence-corrected chi connectivity index (χ0v) is 12.4. The highest BCUT2D eigenvalue weighted by Gasteiger charge is 2.32. The quantitative estimate of drug-likeness (QED) is 0.748.